The summed E-state index contributed by atoms with van der Waals surface area (Å²) in [5.74, 6) is -0.319. The number of hydroxylamine groups is 1. The maximum atomic E-state index is 11.0. The average Bonchev–Trinajstić information content (AvgIpc) is 2.19. The van der Waals surface area contributed by atoms with Crippen LogP contribution in [0.2, 0.25) is 0 Å². The lowest BCUT2D eigenvalue weighted by molar-refractivity contribution is -0.135. The van der Waals surface area contributed by atoms with Gasteiger partial charge in [-0.1, -0.05) is 30.3 Å². The van der Waals surface area contributed by atoms with E-state index in [9.17, 15) is 4.79 Å². The fourth-order valence-corrected chi connectivity index (χ4v) is 0.858. The van der Waals surface area contributed by atoms with Crippen LogP contribution in [-0.4, -0.2) is 11.9 Å². The first-order valence-corrected chi connectivity index (χ1v) is 4.41. The molecule has 0 aliphatic heterocycles. The number of nitrogens with two attached hydrogens (primary N) is 1. The molecule has 3 N–H and O–H groups in total. The summed E-state index contributed by atoms with van der Waals surface area (Å²) in [6.07, 6.45) is 0. The number of rotatable bonds is 4. The largest absolute Gasteiger partial charge is 0.320 e. The fourth-order valence-electron chi connectivity index (χ4n) is 0.858. The van der Waals surface area contributed by atoms with Crippen LogP contribution in [0.4, 0.5) is 0 Å². The molecule has 0 saturated heterocycles. The summed E-state index contributed by atoms with van der Waals surface area (Å²) in [6, 6.07) is 9.02. The van der Waals surface area contributed by atoms with Gasteiger partial charge < -0.3 is 5.73 Å². The van der Waals surface area contributed by atoms with Gasteiger partial charge in [0.2, 0.25) is 0 Å². The van der Waals surface area contributed by atoms with Crippen molar-refractivity contribution in [3.8, 4) is 0 Å². The van der Waals surface area contributed by atoms with E-state index >= 15 is 0 Å². The second-order valence-electron chi connectivity index (χ2n) is 3.03. The first-order chi connectivity index (χ1) is 6.70. The predicted octanol–water partition coefficient (Wildman–Crippen LogP) is 0.582. The Morgan fingerprint density at radius 1 is 1.50 bits per heavy atom. The monoisotopic (exact) mass is 194 g/mol. The van der Waals surface area contributed by atoms with Crippen molar-refractivity contribution in [1.82, 2.24) is 5.48 Å². The zero-order chi connectivity index (χ0) is 10.4. The molecule has 1 rings (SSSR count). The van der Waals surface area contributed by atoms with Gasteiger partial charge in [-0.15, -0.1) is 0 Å². The van der Waals surface area contributed by atoms with E-state index in [2.05, 4.69) is 5.48 Å². The molecule has 0 heterocycles. The molecule has 14 heavy (non-hydrogen) atoms. The number of nitrogens with one attached hydrogen (secondary N) is 1. The molecule has 76 valence electrons. The van der Waals surface area contributed by atoms with Gasteiger partial charge in [-0.25, -0.2) is 5.48 Å². The molecular weight excluding hydrogens is 180 g/mol. The Morgan fingerprint density at radius 3 is 2.71 bits per heavy atom. The Morgan fingerprint density at radius 2 is 2.14 bits per heavy atom. The summed E-state index contributed by atoms with van der Waals surface area (Å²) in [5.41, 5.74) is 8.59. The van der Waals surface area contributed by atoms with Gasteiger partial charge in [-0.05, 0) is 12.5 Å². The highest BCUT2D eigenvalue weighted by Crippen LogP contribution is 1.98. The van der Waals surface area contributed by atoms with Crippen LogP contribution in [0.1, 0.15) is 12.5 Å². The van der Waals surface area contributed by atoms with Crippen LogP contribution >= 0.6 is 0 Å². The molecule has 1 atom stereocenters. The maximum Gasteiger partial charge on any atom is 0.260 e. The zero-order valence-electron chi connectivity index (χ0n) is 8.07. The third-order valence-electron chi connectivity index (χ3n) is 1.67. The summed E-state index contributed by atoms with van der Waals surface area (Å²) in [7, 11) is 0. The minimum atomic E-state index is -0.550. The number of carbonyl (C=O) groups is 1. The molecule has 0 radical (unpaired) electrons. The second kappa shape index (κ2) is 5.36. The molecule has 0 saturated carbocycles. The lowest BCUT2D eigenvalue weighted by Gasteiger charge is -2.07. The molecule has 4 nitrogen and oxygen atoms in total. The van der Waals surface area contributed by atoms with Crippen molar-refractivity contribution in [3.05, 3.63) is 35.9 Å². The summed E-state index contributed by atoms with van der Waals surface area (Å²) >= 11 is 0. The predicted molar refractivity (Wildman–Crippen MR) is 53.0 cm³/mol. The summed E-state index contributed by atoms with van der Waals surface area (Å²) in [5, 5.41) is 0. The van der Waals surface area contributed by atoms with E-state index in [-0.39, 0.29) is 5.91 Å². The van der Waals surface area contributed by atoms with Crippen LogP contribution in [0.5, 0.6) is 0 Å². The highest BCUT2D eigenvalue weighted by Gasteiger charge is 2.05. The first-order valence-electron chi connectivity index (χ1n) is 4.41. The Hall–Kier alpha value is -1.39. The van der Waals surface area contributed by atoms with E-state index < -0.39 is 6.04 Å². The van der Waals surface area contributed by atoms with Crippen molar-refractivity contribution < 1.29 is 9.63 Å². The lowest BCUT2D eigenvalue weighted by atomic mass is 10.2. The van der Waals surface area contributed by atoms with Gasteiger partial charge in [0.05, 0.1) is 12.6 Å². The third-order valence-corrected chi connectivity index (χ3v) is 1.67. The molecule has 0 spiro atoms. The van der Waals surface area contributed by atoms with Gasteiger partial charge in [-0.2, -0.15) is 0 Å². The lowest BCUT2D eigenvalue weighted by Crippen LogP contribution is -2.38. The highest BCUT2D eigenvalue weighted by atomic mass is 16.6. The highest BCUT2D eigenvalue weighted by molar-refractivity contribution is 5.79. The van der Waals surface area contributed by atoms with E-state index in [0.29, 0.717) is 6.61 Å². The van der Waals surface area contributed by atoms with Crippen LogP contribution < -0.4 is 11.2 Å². The van der Waals surface area contributed by atoms with E-state index in [1.54, 1.807) is 6.92 Å². The van der Waals surface area contributed by atoms with Crippen LogP contribution in [0.25, 0.3) is 0 Å². The van der Waals surface area contributed by atoms with Crippen LogP contribution in [0.3, 0.4) is 0 Å². The SMILES string of the molecule is CC(N)C(=O)NOCc1ccccc1. The average molecular weight is 194 g/mol. The maximum absolute atomic E-state index is 11.0. The molecule has 0 aromatic heterocycles. The van der Waals surface area contributed by atoms with Gasteiger partial charge in [-0.3, -0.25) is 9.63 Å². The fraction of sp³-hybridized carbons (Fsp3) is 0.300. The van der Waals surface area contributed by atoms with Gasteiger partial charge in [0.15, 0.2) is 0 Å². The molecule has 1 unspecified atom stereocenters. The van der Waals surface area contributed by atoms with E-state index in [0.717, 1.165) is 5.56 Å². The Bertz CT molecular complexity index is 285. The number of hydrogen-bond donors (Lipinski definition) is 2. The van der Waals surface area contributed by atoms with Crippen LogP contribution in [0, 0.1) is 0 Å². The number of hydrogen-bond acceptors (Lipinski definition) is 3. The smallest absolute Gasteiger partial charge is 0.260 e. The third kappa shape index (κ3) is 3.55. The van der Waals surface area contributed by atoms with Crippen molar-refractivity contribution in [1.29, 1.82) is 0 Å². The number of carbonyl (C=O) groups excluding carboxylic acids is 1. The normalized spacial score (nSPS) is 12.1. The van der Waals surface area contributed by atoms with Crippen molar-refractivity contribution >= 4 is 5.91 Å². The van der Waals surface area contributed by atoms with Crippen LogP contribution in [-0.2, 0) is 16.2 Å². The van der Waals surface area contributed by atoms with Gasteiger partial charge in [0.25, 0.3) is 5.91 Å². The minimum Gasteiger partial charge on any atom is -0.320 e. The first kappa shape index (κ1) is 10.7. The number of benzene rings is 1. The molecule has 1 amide bonds. The molecule has 1 aromatic carbocycles. The Kier molecular flexibility index (Phi) is 4.10. The second-order valence-corrected chi connectivity index (χ2v) is 3.03. The van der Waals surface area contributed by atoms with Crippen molar-refractivity contribution in [3.63, 3.8) is 0 Å². The Labute approximate surface area is 83.0 Å². The summed E-state index contributed by atoms with van der Waals surface area (Å²) in [6.45, 7) is 1.94. The zero-order valence-corrected chi connectivity index (χ0v) is 8.07. The quantitative estimate of drug-likeness (QED) is 0.689. The van der Waals surface area contributed by atoms with Crippen molar-refractivity contribution in [2.75, 3.05) is 0 Å². The van der Waals surface area contributed by atoms with E-state index in [4.69, 9.17) is 10.6 Å². The van der Waals surface area contributed by atoms with E-state index in [1.807, 2.05) is 30.3 Å². The standard InChI is InChI=1S/C10H14N2O2/c1-8(11)10(13)12-14-7-9-5-3-2-4-6-9/h2-6,8H,7,11H2,1H3,(H,12,13). The molecule has 0 aliphatic carbocycles. The molecular formula is C10H14N2O2. The molecule has 0 fully saturated rings. The van der Waals surface area contributed by atoms with Crippen LogP contribution in [0.15, 0.2) is 30.3 Å². The van der Waals surface area contributed by atoms with Gasteiger partial charge in [0, 0.05) is 0 Å². The molecule has 0 bridgehead atoms. The van der Waals surface area contributed by atoms with Gasteiger partial charge >= 0.3 is 0 Å². The topological polar surface area (TPSA) is 64.4 Å². The molecule has 1 aromatic rings. The summed E-state index contributed by atoms with van der Waals surface area (Å²) in [4.78, 5) is 15.9. The Balaban J connectivity index is 2.26. The molecule has 0 aliphatic rings. The van der Waals surface area contributed by atoms with Gasteiger partial charge in [0.1, 0.15) is 0 Å². The number of amides is 1. The minimum absolute atomic E-state index is 0.319. The van der Waals surface area contributed by atoms with Crippen molar-refractivity contribution in [2.45, 2.75) is 19.6 Å². The van der Waals surface area contributed by atoms with Crippen molar-refractivity contribution in [2.24, 2.45) is 5.73 Å². The van der Waals surface area contributed by atoms with E-state index in [1.165, 1.54) is 0 Å². The summed E-state index contributed by atoms with van der Waals surface area (Å²) < 4.78 is 0. The molecule has 4 heteroatoms.